The van der Waals surface area contributed by atoms with Crippen LogP contribution in [0.25, 0.3) is 15.8 Å². The zero-order valence-corrected chi connectivity index (χ0v) is 15.3. The minimum absolute atomic E-state index is 0.00488. The van der Waals surface area contributed by atoms with Crippen LogP contribution in [0.15, 0.2) is 60.5 Å². The molecule has 0 bridgehead atoms. The normalized spacial score (nSPS) is 13.3. The van der Waals surface area contributed by atoms with Crippen LogP contribution in [0, 0.1) is 0 Å². The second-order valence-corrected chi connectivity index (χ2v) is 7.30. The van der Waals surface area contributed by atoms with E-state index in [1.54, 1.807) is 29.4 Å². The van der Waals surface area contributed by atoms with Crippen molar-refractivity contribution in [2.24, 2.45) is 0 Å². The Kier molecular flexibility index (Phi) is 4.09. The summed E-state index contributed by atoms with van der Waals surface area (Å²) >= 11 is 1.68. The molecule has 0 fully saturated rings. The van der Waals surface area contributed by atoms with E-state index < -0.39 is 0 Å². The Morgan fingerprint density at radius 2 is 1.81 bits per heavy atom. The lowest BCUT2D eigenvalue weighted by Gasteiger charge is -2.22. The lowest BCUT2D eigenvalue weighted by Crippen LogP contribution is -2.37. The van der Waals surface area contributed by atoms with Gasteiger partial charge in [-0.3, -0.25) is 14.5 Å². The second-order valence-electron chi connectivity index (χ2n) is 6.39. The molecule has 26 heavy (non-hydrogen) atoms. The summed E-state index contributed by atoms with van der Waals surface area (Å²) in [5.41, 5.74) is 3.12. The molecule has 1 aromatic heterocycles. The highest BCUT2D eigenvalue weighted by molar-refractivity contribution is 7.17. The first-order chi connectivity index (χ1) is 12.6. The molecule has 0 unspecified atom stereocenters. The van der Waals surface area contributed by atoms with Gasteiger partial charge < -0.3 is 4.90 Å². The Bertz CT molecular complexity index is 1000. The molecule has 0 aliphatic carbocycles. The molecule has 4 rings (SSSR count). The smallest absolute Gasteiger partial charge is 0.259 e. The number of nitrogens with zero attached hydrogens (tertiary/aromatic N) is 2. The molecule has 2 heterocycles. The third-order valence-corrected chi connectivity index (χ3v) is 5.74. The van der Waals surface area contributed by atoms with Crippen molar-refractivity contribution in [3.8, 4) is 0 Å². The van der Waals surface area contributed by atoms with Crippen LogP contribution in [0.1, 0.15) is 21.5 Å². The van der Waals surface area contributed by atoms with Crippen molar-refractivity contribution < 1.29 is 9.59 Å². The van der Waals surface area contributed by atoms with Gasteiger partial charge in [0.15, 0.2) is 0 Å². The maximum absolute atomic E-state index is 12.7. The molecule has 4 nitrogen and oxygen atoms in total. The molecule has 0 atom stereocenters. The monoisotopic (exact) mass is 362 g/mol. The number of fused-ring (bicyclic) bond motifs is 2. The van der Waals surface area contributed by atoms with Crippen LogP contribution in [-0.2, 0) is 11.3 Å². The molecule has 1 aliphatic rings. The second kappa shape index (κ2) is 6.42. The third-order valence-electron chi connectivity index (χ3n) is 4.73. The highest BCUT2D eigenvalue weighted by atomic mass is 32.1. The number of benzene rings is 2. The highest BCUT2D eigenvalue weighted by Crippen LogP contribution is 2.31. The van der Waals surface area contributed by atoms with Crippen molar-refractivity contribution in [1.82, 2.24) is 9.80 Å². The topological polar surface area (TPSA) is 40.6 Å². The number of hydrogen-bond donors (Lipinski definition) is 0. The summed E-state index contributed by atoms with van der Waals surface area (Å²) in [5, 5.41) is 3.26. The van der Waals surface area contributed by atoms with Crippen LogP contribution in [0.5, 0.6) is 0 Å². The quantitative estimate of drug-likeness (QED) is 0.704. The van der Waals surface area contributed by atoms with Gasteiger partial charge in [0.2, 0.25) is 5.91 Å². The zero-order chi connectivity index (χ0) is 18.3. The van der Waals surface area contributed by atoms with E-state index in [1.807, 2.05) is 30.3 Å². The van der Waals surface area contributed by atoms with Gasteiger partial charge in [-0.25, -0.2) is 0 Å². The van der Waals surface area contributed by atoms with Gasteiger partial charge in [-0.1, -0.05) is 43.0 Å². The van der Waals surface area contributed by atoms with Crippen molar-refractivity contribution in [2.45, 2.75) is 6.54 Å². The number of amides is 2. The van der Waals surface area contributed by atoms with Gasteiger partial charge in [0.25, 0.3) is 5.91 Å². The predicted octanol–water partition coefficient (Wildman–Crippen LogP) is 3.99. The maximum atomic E-state index is 12.7. The van der Waals surface area contributed by atoms with Gasteiger partial charge in [0.1, 0.15) is 6.54 Å². The molecule has 1 aliphatic heterocycles. The summed E-state index contributed by atoms with van der Waals surface area (Å²) in [6, 6.07) is 15.5. The number of rotatable bonds is 4. The van der Waals surface area contributed by atoms with Gasteiger partial charge in [-0.05, 0) is 28.5 Å². The summed E-state index contributed by atoms with van der Waals surface area (Å²) in [5.74, 6) is -0.268. The van der Waals surface area contributed by atoms with E-state index in [0.29, 0.717) is 17.8 Å². The number of carbonyl (C=O) groups is 2. The Labute approximate surface area is 156 Å². The van der Waals surface area contributed by atoms with E-state index in [2.05, 4.69) is 24.1 Å². The standard InChI is InChI=1S/C21H18N2O2S/c1-14-16-7-3-4-9-18(16)21(25)23(14)12-20(24)22(2)11-15-13-26-19-10-6-5-8-17(15)19/h3-10,13H,1,11-12H2,2H3. The summed E-state index contributed by atoms with van der Waals surface area (Å²) < 4.78 is 1.21. The fourth-order valence-corrected chi connectivity index (χ4v) is 4.21. The zero-order valence-electron chi connectivity index (χ0n) is 14.4. The number of likely N-dealkylation sites (N-methyl/N-ethyl adjacent to an activating group) is 1. The maximum Gasteiger partial charge on any atom is 0.259 e. The van der Waals surface area contributed by atoms with E-state index in [0.717, 1.165) is 11.1 Å². The SMILES string of the molecule is C=C1c2ccccc2C(=O)N1CC(=O)N(C)Cc1csc2ccccc12. The van der Waals surface area contributed by atoms with E-state index in [4.69, 9.17) is 0 Å². The Morgan fingerprint density at radius 3 is 2.58 bits per heavy atom. The molecule has 0 spiro atoms. The molecular weight excluding hydrogens is 344 g/mol. The summed E-state index contributed by atoms with van der Waals surface area (Å²) in [6.07, 6.45) is 0. The van der Waals surface area contributed by atoms with Crippen LogP contribution in [0.3, 0.4) is 0 Å². The van der Waals surface area contributed by atoms with Crippen molar-refractivity contribution in [3.05, 3.63) is 77.2 Å². The van der Waals surface area contributed by atoms with E-state index >= 15 is 0 Å². The fraction of sp³-hybridized carbons (Fsp3) is 0.143. The van der Waals surface area contributed by atoms with E-state index in [9.17, 15) is 9.59 Å². The Balaban J connectivity index is 1.48. The first-order valence-electron chi connectivity index (χ1n) is 8.35. The van der Waals surface area contributed by atoms with Crippen molar-refractivity contribution in [2.75, 3.05) is 13.6 Å². The molecule has 2 amide bonds. The number of hydrogen-bond acceptors (Lipinski definition) is 3. The first kappa shape index (κ1) is 16.5. The van der Waals surface area contributed by atoms with Gasteiger partial charge in [-0.2, -0.15) is 0 Å². The molecule has 0 saturated carbocycles. The Hall–Kier alpha value is -2.92. The first-order valence-corrected chi connectivity index (χ1v) is 9.23. The molecule has 0 radical (unpaired) electrons. The molecular formula is C21H18N2O2S. The predicted molar refractivity (Wildman–Crippen MR) is 105 cm³/mol. The highest BCUT2D eigenvalue weighted by Gasteiger charge is 2.32. The van der Waals surface area contributed by atoms with Gasteiger partial charge in [0, 0.05) is 35.1 Å². The van der Waals surface area contributed by atoms with Crippen LogP contribution in [0.4, 0.5) is 0 Å². The van der Waals surface area contributed by atoms with Gasteiger partial charge in [-0.15, -0.1) is 11.3 Å². The minimum atomic E-state index is -0.159. The molecule has 0 saturated heterocycles. The van der Waals surface area contributed by atoms with Crippen molar-refractivity contribution >= 4 is 38.9 Å². The third kappa shape index (κ3) is 2.70. The Morgan fingerprint density at radius 1 is 1.12 bits per heavy atom. The lowest BCUT2D eigenvalue weighted by atomic mass is 10.1. The minimum Gasteiger partial charge on any atom is -0.340 e. The summed E-state index contributed by atoms with van der Waals surface area (Å²) in [4.78, 5) is 28.4. The van der Waals surface area contributed by atoms with E-state index in [1.165, 1.54) is 15.0 Å². The molecule has 130 valence electrons. The largest absolute Gasteiger partial charge is 0.340 e. The van der Waals surface area contributed by atoms with Gasteiger partial charge >= 0.3 is 0 Å². The molecule has 3 aromatic rings. The van der Waals surface area contributed by atoms with Crippen molar-refractivity contribution in [3.63, 3.8) is 0 Å². The fourth-order valence-electron chi connectivity index (χ4n) is 3.26. The van der Waals surface area contributed by atoms with Crippen LogP contribution in [0.2, 0.25) is 0 Å². The van der Waals surface area contributed by atoms with E-state index in [-0.39, 0.29) is 18.4 Å². The van der Waals surface area contributed by atoms with Crippen LogP contribution in [-0.4, -0.2) is 35.2 Å². The lowest BCUT2D eigenvalue weighted by molar-refractivity contribution is -0.130. The summed E-state index contributed by atoms with van der Waals surface area (Å²) in [7, 11) is 1.77. The number of carbonyl (C=O) groups excluding carboxylic acids is 2. The average Bonchev–Trinajstić information content (AvgIpc) is 3.17. The number of thiophene rings is 1. The average molecular weight is 362 g/mol. The van der Waals surface area contributed by atoms with Crippen molar-refractivity contribution in [1.29, 1.82) is 0 Å². The van der Waals surface area contributed by atoms with Crippen LogP contribution < -0.4 is 0 Å². The van der Waals surface area contributed by atoms with Crippen LogP contribution >= 0.6 is 11.3 Å². The molecule has 0 N–H and O–H groups in total. The molecule has 2 aromatic carbocycles. The molecule has 5 heteroatoms. The summed E-state index contributed by atoms with van der Waals surface area (Å²) in [6.45, 7) is 4.52. The van der Waals surface area contributed by atoms with Gasteiger partial charge in [0.05, 0.1) is 0 Å².